The number of para-hydroxylation sites is 1. The maximum atomic E-state index is 12.8. The summed E-state index contributed by atoms with van der Waals surface area (Å²) in [7, 11) is 0. The van der Waals surface area contributed by atoms with E-state index in [1.54, 1.807) is 54.7 Å². The molecule has 1 N–H and O–H groups in total. The van der Waals surface area contributed by atoms with Crippen LogP contribution in [0.4, 0.5) is 5.69 Å². The number of thioether (sulfide) groups is 1. The molecule has 2 aromatic carbocycles. The largest absolute Gasteiger partial charge is 0.456 e. The van der Waals surface area contributed by atoms with Crippen LogP contribution in [0.5, 0.6) is 11.5 Å². The van der Waals surface area contributed by atoms with Gasteiger partial charge in [0.15, 0.2) is 0 Å². The molecule has 0 bridgehead atoms. The predicted octanol–water partition coefficient (Wildman–Crippen LogP) is 6.37. The molecule has 6 nitrogen and oxygen atoms in total. The number of ether oxygens (including phenoxy) is 1. The van der Waals surface area contributed by atoms with Crippen molar-refractivity contribution in [1.29, 1.82) is 0 Å². The van der Waals surface area contributed by atoms with E-state index in [4.69, 9.17) is 20.9 Å². The first-order chi connectivity index (χ1) is 15.1. The number of pyridine rings is 1. The molecule has 0 aliphatic carbocycles. The number of nitrogens with one attached hydrogen (secondary N) is 1. The summed E-state index contributed by atoms with van der Waals surface area (Å²) in [6, 6.07) is 19.7. The van der Waals surface area contributed by atoms with Crippen molar-refractivity contribution in [2.45, 2.75) is 17.7 Å². The predicted molar refractivity (Wildman–Crippen MR) is 121 cm³/mol. The third-order valence-corrected chi connectivity index (χ3v) is 5.58. The van der Waals surface area contributed by atoms with Gasteiger partial charge in [-0.1, -0.05) is 40.7 Å². The Balaban J connectivity index is 1.42. The molecule has 0 fully saturated rings. The summed E-state index contributed by atoms with van der Waals surface area (Å²) in [4.78, 5) is 17.2. The first-order valence-electron chi connectivity index (χ1n) is 9.42. The van der Waals surface area contributed by atoms with Crippen LogP contribution in [0.1, 0.15) is 21.8 Å². The van der Waals surface area contributed by atoms with Gasteiger partial charge < -0.3 is 14.6 Å². The van der Waals surface area contributed by atoms with Gasteiger partial charge in [0.05, 0.1) is 16.3 Å². The summed E-state index contributed by atoms with van der Waals surface area (Å²) in [6.07, 6.45) is 1.66. The van der Waals surface area contributed by atoms with E-state index in [2.05, 4.69) is 15.5 Å². The monoisotopic (exact) mass is 451 g/mol. The molecule has 0 aliphatic rings. The zero-order valence-electron chi connectivity index (χ0n) is 16.5. The molecule has 31 heavy (non-hydrogen) atoms. The van der Waals surface area contributed by atoms with Crippen molar-refractivity contribution in [2.75, 3.05) is 5.32 Å². The molecule has 0 spiro atoms. The number of amides is 1. The van der Waals surface area contributed by atoms with E-state index < -0.39 is 0 Å². The summed E-state index contributed by atoms with van der Waals surface area (Å²) in [6.45, 7) is 1.84. The van der Waals surface area contributed by atoms with Gasteiger partial charge in [-0.25, -0.2) is 4.98 Å². The SMILES string of the molecule is Cc1cc(CSc2ncccc2C(=O)Nc2ccc(Oc3ccccc3Cl)cc2)no1. The van der Waals surface area contributed by atoms with E-state index in [0.717, 1.165) is 11.5 Å². The van der Waals surface area contributed by atoms with Crippen LogP contribution >= 0.6 is 23.4 Å². The van der Waals surface area contributed by atoms with Crippen molar-refractivity contribution in [3.8, 4) is 11.5 Å². The topological polar surface area (TPSA) is 77.2 Å². The smallest absolute Gasteiger partial charge is 0.258 e. The van der Waals surface area contributed by atoms with Crippen LogP contribution in [0, 0.1) is 6.92 Å². The van der Waals surface area contributed by atoms with Gasteiger partial charge in [-0.15, -0.1) is 0 Å². The lowest BCUT2D eigenvalue weighted by molar-refractivity contribution is 0.102. The number of aryl methyl sites for hydroxylation is 1. The fourth-order valence-corrected chi connectivity index (χ4v) is 3.81. The van der Waals surface area contributed by atoms with E-state index in [-0.39, 0.29) is 5.91 Å². The molecule has 8 heteroatoms. The molecule has 0 aliphatic heterocycles. The Kier molecular flexibility index (Phi) is 6.54. The van der Waals surface area contributed by atoms with Crippen LogP contribution in [0.15, 0.2) is 82.5 Å². The summed E-state index contributed by atoms with van der Waals surface area (Å²) in [5, 5.41) is 8.02. The summed E-state index contributed by atoms with van der Waals surface area (Å²) in [5.41, 5.74) is 1.93. The van der Waals surface area contributed by atoms with Crippen molar-refractivity contribution < 1.29 is 14.1 Å². The summed E-state index contributed by atoms with van der Waals surface area (Å²) in [5.74, 6) is 2.25. The Morgan fingerprint density at radius 3 is 2.68 bits per heavy atom. The first kappa shape index (κ1) is 21.0. The van der Waals surface area contributed by atoms with Gasteiger partial charge in [0.1, 0.15) is 22.3 Å². The van der Waals surface area contributed by atoms with Crippen molar-refractivity contribution in [3.05, 3.63) is 95.0 Å². The minimum Gasteiger partial charge on any atom is -0.456 e. The third-order valence-electron chi connectivity index (χ3n) is 4.23. The molecule has 0 saturated carbocycles. The fraction of sp³-hybridized carbons (Fsp3) is 0.0870. The normalized spacial score (nSPS) is 10.6. The second kappa shape index (κ2) is 9.68. The van der Waals surface area contributed by atoms with E-state index in [1.165, 1.54) is 11.8 Å². The van der Waals surface area contributed by atoms with Gasteiger partial charge in [0.25, 0.3) is 5.91 Å². The first-order valence-corrected chi connectivity index (χ1v) is 10.8. The fourth-order valence-electron chi connectivity index (χ4n) is 2.77. The van der Waals surface area contributed by atoms with Crippen LogP contribution in [0.25, 0.3) is 0 Å². The molecule has 2 heterocycles. The number of carbonyl (C=O) groups excluding carboxylic acids is 1. The number of hydrogen-bond donors (Lipinski definition) is 1. The zero-order chi connectivity index (χ0) is 21.6. The molecule has 0 atom stereocenters. The Morgan fingerprint density at radius 1 is 1.13 bits per heavy atom. The van der Waals surface area contributed by atoms with Gasteiger partial charge in [-0.05, 0) is 55.5 Å². The highest BCUT2D eigenvalue weighted by Gasteiger charge is 2.14. The van der Waals surface area contributed by atoms with E-state index in [0.29, 0.717) is 38.6 Å². The van der Waals surface area contributed by atoms with Crippen molar-refractivity contribution in [1.82, 2.24) is 10.1 Å². The van der Waals surface area contributed by atoms with Crippen molar-refractivity contribution in [3.63, 3.8) is 0 Å². The number of anilines is 1. The quantitative estimate of drug-likeness (QED) is 0.329. The van der Waals surface area contributed by atoms with E-state index >= 15 is 0 Å². The average Bonchev–Trinajstić information content (AvgIpc) is 3.20. The maximum absolute atomic E-state index is 12.8. The van der Waals surface area contributed by atoms with Crippen molar-refractivity contribution >= 4 is 35.0 Å². The van der Waals surface area contributed by atoms with Crippen LogP contribution < -0.4 is 10.1 Å². The lowest BCUT2D eigenvalue weighted by atomic mass is 10.2. The number of halogens is 1. The highest BCUT2D eigenvalue weighted by molar-refractivity contribution is 7.98. The lowest BCUT2D eigenvalue weighted by Crippen LogP contribution is -2.13. The number of benzene rings is 2. The van der Waals surface area contributed by atoms with Crippen LogP contribution in [-0.4, -0.2) is 16.0 Å². The van der Waals surface area contributed by atoms with E-state index in [9.17, 15) is 4.79 Å². The molecular weight excluding hydrogens is 434 g/mol. The molecule has 4 rings (SSSR count). The molecule has 0 saturated heterocycles. The number of hydrogen-bond acceptors (Lipinski definition) is 6. The minimum absolute atomic E-state index is 0.244. The van der Waals surface area contributed by atoms with Gasteiger partial charge in [0, 0.05) is 23.7 Å². The lowest BCUT2D eigenvalue weighted by Gasteiger charge is -2.10. The molecule has 0 unspecified atom stereocenters. The summed E-state index contributed by atoms with van der Waals surface area (Å²) >= 11 is 7.55. The average molecular weight is 452 g/mol. The van der Waals surface area contributed by atoms with E-state index in [1.807, 2.05) is 25.1 Å². The van der Waals surface area contributed by atoms with Crippen LogP contribution in [0.2, 0.25) is 5.02 Å². The third kappa shape index (κ3) is 5.45. The number of aromatic nitrogens is 2. The second-order valence-electron chi connectivity index (χ2n) is 6.58. The Bertz CT molecular complexity index is 1190. The molecular formula is C23H18ClN3O3S. The number of carbonyl (C=O) groups is 1. The molecule has 0 radical (unpaired) electrons. The minimum atomic E-state index is -0.244. The number of nitrogens with zero attached hydrogens (tertiary/aromatic N) is 2. The van der Waals surface area contributed by atoms with Crippen molar-refractivity contribution in [2.24, 2.45) is 0 Å². The van der Waals surface area contributed by atoms with Crippen LogP contribution in [-0.2, 0) is 5.75 Å². The highest BCUT2D eigenvalue weighted by Crippen LogP contribution is 2.30. The number of rotatable bonds is 7. The Labute approximate surface area is 188 Å². The van der Waals surface area contributed by atoms with Gasteiger partial charge in [-0.3, -0.25) is 4.79 Å². The second-order valence-corrected chi connectivity index (χ2v) is 7.96. The molecule has 156 valence electrons. The van der Waals surface area contributed by atoms with Gasteiger partial charge in [0.2, 0.25) is 0 Å². The Morgan fingerprint density at radius 2 is 1.94 bits per heavy atom. The Hall–Kier alpha value is -3.29. The standard InChI is InChI=1S/C23H18ClN3O3S/c1-15-13-17(27-30-15)14-31-23-19(5-4-12-25-23)22(28)26-16-8-10-18(11-9-16)29-21-7-3-2-6-20(21)24/h2-13H,14H2,1H3,(H,26,28). The summed E-state index contributed by atoms with van der Waals surface area (Å²) < 4.78 is 10.9. The molecule has 1 amide bonds. The zero-order valence-corrected chi connectivity index (χ0v) is 18.1. The molecule has 2 aromatic heterocycles. The van der Waals surface area contributed by atoms with Crippen LogP contribution in [0.3, 0.4) is 0 Å². The highest BCUT2D eigenvalue weighted by atomic mass is 35.5. The maximum Gasteiger partial charge on any atom is 0.258 e. The van der Waals surface area contributed by atoms with Gasteiger partial charge >= 0.3 is 0 Å². The molecule has 4 aromatic rings. The van der Waals surface area contributed by atoms with Gasteiger partial charge in [-0.2, -0.15) is 0 Å².